The summed E-state index contributed by atoms with van der Waals surface area (Å²) in [6.07, 6.45) is -0.589. The lowest BCUT2D eigenvalue weighted by Crippen LogP contribution is -2.20. The molecule has 0 bridgehead atoms. The maximum atomic E-state index is 10.1. The summed E-state index contributed by atoms with van der Waals surface area (Å²) < 4.78 is 11.4. The highest BCUT2D eigenvalue weighted by atomic mass is 32.2. The van der Waals surface area contributed by atoms with E-state index in [1.807, 2.05) is 56.3 Å². The molecule has 1 N–H and O–H groups in total. The molecule has 4 nitrogen and oxygen atoms in total. The number of ether oxygens (including phenoxy) is 1. The average molecular weight is 329 g/mol. The van der Waals surface area contributed by atoms with Crippen LogP contribution in [0.1, 0.15) is 11.1 Å². The molecule has 0 aliphatic carbocycles. The zero-order valence-corrected chi connectivity index (χ0v) is 14.0. The van der Waals surface area contributed by atoms with Gasteiger partial charge in [-0.25, -0.2) is 4.98 Å². The fraction of sp³-hybridized carbons (Fsp3) is 0.278. The van der Waals surface area contributed by atoms with Crippen molar-refractivity contribution in [2.24, 2.45) is 0 Å². The van der Waals surface area contributed by atoms with E-state index in [9.17, 15) is 5.11 Å². The normalized spacial score (nSPS) is 12.5. The van der Waals surface area contributed by atoms with Gasteiger partial charge in [0.1, 0.15) is 17.9 Å². The summed E-state index contributed by atoms with van der Waals surface area (Å²) in [4.78, 5) is 4.38. The van der Waals surface area contributed by atoms with Crippen molar-refractivity contribution in [3.63, 3.8) is 0 Å². The molecule has 0 unspecified atom stereocenters. The number of para-hydroxylation sites is 3. The molecule has 0 saturated carbocycles. The Hall–Kier alpha value is -1.98. The van der Waals surface area contributed by atoms with Gasteiger partial charge in [0.2, 0.25) is 0 Å². The van der Waals surface area contributed by atoms with E-state index in [4.69, 9.17) is 9.15 Å². The van der Waals surface area contributed by atoms with Gasteiger partial charge in [-0.15, -0.1) is 0 Å². The van der Waals surface area contributed by atoms with Crippen LogP contribution >= 0.6 is 11.8 Å². The number of aromatic nitrogens is 1. The standard InChI is InChI=1S/C18H19NO3S/c1-12-6-5-7-13(2)17(12)21-10-14(20)11-23-18-19-15-8-3-4-9-16(15)22-18/h3-9,14,20H,10-11H2,1-2H3/t14-/m1/s1. The molecule has 23 heavy (non-hydrogen) atoms. The van der Waals surface area contributed by atoms with Gasteiger partial charge in [-0.1, -0.05) is 42.1 Å². The van der Waals surface area contributed by atoms with Gasteiger partial charge in [0, 0.05) is 5.75 Å². The van der Waals surface area contributed by atoms with E-state index in [2.05, 4.69) is 4.98 Å². The molecule has 120 valence electrons. The van der Waals surface area contributed by atoms with E-state index in [0.717, 1.165) is 28.0 Å². The van der Waals surface area contributed by atoms with E-state index < -0.39 is 6.10 Å². The molecule has 0 radical (unpaired) electrons. The van der Waals surface area contributed by atoms with Crippen LogP contribution in [0.15, 0.2) is 52.1 Å². The Balaban J connectivity index is 1.54. The topological polar surface area (TPSA) is 55.5 Å². The molecule has 0 fully saturated rings. The number of nitrogens with zero attached hydrogens (tertiary/aromatic N) is 1. The lowest BCUT2D eigenvalue weighted by atomic mass is 10.1. The van der Waals surface area contributed by atoms with Crippen molar-refractivity contribution in [3.05, 3.63) is 53.6 Å². The Bertz CT molecular complexity index is 747. The third-order valence-corrected chi connectivity index (χ3v) is 4.48. The smallest absolute Gasteiger partial charge is 0.256 e. The zero-order valence-electron chi connectivity index (χ0n) is 13.2. The number of aliphatic hydroxyl groups is 1. The van der Waals surface area contributed by atoms with Crippen LogP contribution in [0.2, 0.25) is 0 Å². The maximum absolute atomic E-state index is 10.1. The number of aliphatic hydroxyl groups excluding tert-OH is 1. The third-order valence-electron chi connectivity index (χ3n) is 3.50. The number of aryl methyl sites for hydroxylation is 2. The van der Waals surface area contributed by atoms with Crippen molar-refractivity contribution in [1.82, 2.24) is 4.98 Å². The molecule has 3 rings (SSSR count). The van der Waals surface area contributed by atoms with Gasteiger partial charge in [-0.2, -0.15) is 0 Å². The molecule has 0 spiro atoms. The van der Waals surface area contributed by atoms with Crippen LogP contribution in [0.25, 0.3) is 11.1 Å². The molecule has 5 heteroatoms. The van der Waals surface area contributed by atoms with Crippen LogP contribution in [0.4, 0.5) is 0 Å². The molecule has 1 heterocycles. The second-order valence-electron chi connectivity index (χ2n) is 5.44. The highest BCUT2D eigenvalue weighted by molar-refractivity contribution is 7.99. The zero-order chi connectivity index (χ0) is 16.2. The van der Waals surface area contributed by atoms with Gasteiger partial charge in [0.05, 0.1) is 6.10 Å². The van der Waals surface area contributed by atoms with Gasteiger partial charge in [-0.3, -0.25) is 0 Å². The number of hydrogen-bond donors (Lipinski definition) is 1. The van der Waals surface area contributed by atoms with Crippen LogP contribution < -0.4 is 4.74 Å². The quantitative estimate of drug-likeness (QED) is 0.693. The summed E-state index contributed by atoms with van der Waals surface area (Å²) >= 11 is 1.39. The van der Waals surface area contributed by atoms with Crippen molar-refractivity contribution in [3.8, 4) is 5.75 Å². The first-order chi connectivity index (χ1) is 11.1. The van der Waals surface area contributed by atoms with Crippen LogP contribution in [0.3, 0.4) is 0 Å². The summed E-state index contributed by atoms with van der Waals surface area (Å²) in [6.45, 7) is 4.25. The van der Waals surface area contributed by atoms with Gasteiger partial charge in [-0.05, 0) is 37.1 Å². The van der Waals surface area contributed by atoms with Gasteiger partial charge < -0.3 is 14.3 Å². The minimum atomic E-state index is -0.589. The Morgan fingerprint density at radius 3 is 2.61 bits per heavy atom. The third kappa shape index (κ3) is 3.86. The van der Waals surface area contributed by atoms with Crippen LogP contribution in [0, 0.1) is 13.8 Å². The Labute approximate surface area is 139 Å². The van der Waals surface area contributed by atoms with E-state index in [1.54, 1.807) is 0 Å². The molecular formula is C18H19NO3S. The molecule has 3 aromatic rings. The first-order valence-corrected chi connectivity index (χ1v) is 8.47. The lowest BCUT2D eigenvalue weighted by Gasteiger charge is -2.14. The highest BCUT2D eigenvalue weighted by Gasteiger charge is 2.12. The highest BCUT2D eigenvalue weighted by Crippen LogP contribution is 2.25. The first kappa shape index (κ1) is 15.9. The molecule has 2 aromatic carbocycles. The van der Waals surface area contributed by atoms with Gasteiger partial charge >= 0.3 is 0 Å². The van der Waals surface area contributed by atoms with E-state index in [0.29, 0.717) is 11.0 Å². The molecule has 0 saturated heterocycles. The van der Waals surface area contributed by atoms with Crippen molar-refractivity contribution < 1.29 is 14.3 Å². The molecule has 1 atom stereocenters. The van der Waals surface area contributed by atoms with E-state index >= 15 is 0 Å². The number of fused-ring (bicyclic) bond motifs is 1. The Morgan fingerprint density at radius 1 is 1.13 bits per heavy atom. The summed E-state index contributed by atoms with van der Waals surface area (Å²) in [5, 5.41) is 10.7. The Morgan fingerprint density at radius 2 is 1.87 bits per heavy atom. The SMILES string of the molecule is Cc1cccc(C)c1OC[C@@H](O)CSc1nc2ccccc2o1. The fourth-order valence-electron chi connectivity index (χ4n) is 2.33. The van der Waals surface area contributed by atoms with Crippen LogP contribution in [0.5, 0.6) is 5.75 Å². The maximum Gasteiger partial charge on any atom is 0.256 e. The van der Waals surface area contributed by atoms with Gasteiger partial charge in [0.25, 0.3) is 5.22 Å². The monoisotopic (exact) mass is 329 g/mol. The summed E-state index contributed by atoms with van der Waals surface area (Å²) in [6, 6.07) is 13.6. The largest absolute Gasteiger partial charge is 0.490 e. The first-order valence-electron chi connectivity index (χ1n) is 7.49. The molecule has 0 aliphatic heterocycles. The van der Waals surface area contributed by atoms with Crippen molar-refractivity contribution in [1.29, 1.82) is 0 Å². The van der Waals surface area contributed by atoms with Crippen LogP contribution in [-0.4, -0.2) is 28.6 Å². The second kappa shape index (κ2) is 7.06. The molecular weight excluding hydrogens is 310 g/mol. The minimum Gasteiger partial charge on any atom is -0.490 e. The predicted octanol–water partition coefficient (Wildman–Crippen LogP) is 3.98. The molecule has 0 amide bonds. The molecule has 1 aromatic heterocycles. The van der Waals surface area contributed by atoms with Crippen molar-refractivity contribution in [2.75, 3.05) is 12.4 Å². The predicted molar refractivity (Wildman–Crippen MR) is 92.2 cm³/mol. The average Bonchev–Trinajstić information content (AvgIpc) is 2.95. The number of hydrogen-bond acceptors (Lipinski definition) is 5. The number of rotatable bonds is 6. The lowest BCUT2D eigenvalue weighted by molar-refractivity contribution is 0.125. The summed E-state index contributed by atoms with van der Waals surface area (Å²) in [7, 11) is 0. The Kier molecular flexibility index (Phi) is 4.88. The molecule has 0 aliphatic rings. The number of benzene rings is 2. The van der Waals surface area contributed by atoms with E-state index in [-0.39, 0.29) is 6.61 Å². The van der Waals surface area contributed by atoms with Gasteiger partial charge in [0.15, 0.2) is 5.58 Å². The minimum absolute atomic E-state index is 0.249. The van der Waals surface area contributed by atoms with E-state index in [1.165, 1.54) is 11.8 Å². The second-order valence-corrected chi connectivity index (χ2v) is 6.42. The van der Waals surface area contributed by atoms with Crippen molar-refractivity contribution in [2.45, 2.75) is 25.2 Å². The number of oxazole rings is 1. The number of thioether (sulfide) groups is 1. The summed E-state index contributed by atoms with van der Waals surface area (Å²) in [5.41, 5.74) is 3.74. The van der Waals surface area contributed by atoms with Crippen molar-refractivity contribution >= 4 is 22.9 Å². The van der Waals surface area contributed by atoms with Crippen LogP contribution in [-0.2, 0) is 0 Å². The summed E-state index contributed by atoms with van der Waals surface area (Å²) in [5.74, 6) is 1.32. The fourth-order valence-corrected chi connectivity index (χ4v) is 3.08.